The van der Waals surface area contributed by atoms with Crippen LogP contribution in [0.15, 0.2) is 48.8 Å². The molecule has 0 aliphatic rings. The SMILES string of the molecule is O=C(O)C=Cc1cc(C(F)(F)F)ccc1-c1ccncc1. The number of halogens is 3. The lowest BCUT2D eigenvalue weighted by Gasteiger charge is -2.11. The van der Waals surface area contributed by atoms with Crippen LogP contribution < -0.4 is 0 Å². The van der Waals surface area contributed by atoms with E-state index in [-0.39, 0.29) is 5.56 Å². The standard InChI is InChI=1S/C15H10F3NO2/c16-15(17,18)12-2-3-13(10-5-7-19-8-6-10)11(9-12)1-4-14(20)21/h1-9H,(H,20,21). The highest BCUT2D eigenvalue weighted by atomic mass is 19.4. The Labute approximate surface area is 118 Å². The molecule has 0 unspecified atom stereocenters. The second-order valence-corrected chi connectivity index (χ2v) is 4.21. The zero-order valence-corrected chi connectivity index (χ0v) is 10.6. The molecule has 0 aliphatic carbocycles. The van der Waals surface area contributed by atoms with Crippen molar-refractivity contribution in [3.8, 4) is 11.1 Å². The number of hydrogen-bond acceptors (Lipinski definition) is 2. The largest absolute Gasteiger partial charge is 0.478 e. The number of pyridine rings is 1. The number of carboxylic acid groups (broad SMARTS) is 1. The highest BCUT2D eigenvalue weighted by Crippen LogP contribution is 2.33. The zero-order valence-electron chi connectivity index (χ0n) is 10.6. The maximum absolute atomic E-state index is 12.8. The molecule has 6 heteroatoms. The molecule has 1 aromatic heterocycles. The third-order valence-electron chi connectivity index (χ3n) is 2.78. The smallest absolute Gasteiger partial charge is 0.416 e. The van der Waals surface area contributed by atoms with E-state index < -0.39 is 17.7 Å². The summed E-state index contributed by atoms with van der Waals surface area (Å²) in [6.07, 6.45) is 0.492. The number of aromatic nitrogens is 1. The number of carbonyl (C=O) groups is 1. The molecule has 2 rings (SSSR count). The molecule has 0 saturated heterocycles. The van der Waals surface area contributed by atoms with Crippen LogP contribution >= 0.6 is 0 Å². The average molecular weight is 293 g/mol. The fraction of sp³-hybridized carbons (Fsp3) is 0.0667. The van der Waals surface area contributed by atoms with Gasteiger partial charge in [-0.05, 0) is 47.0 Å². The monoisotopic (exact) mass is 293 g/mol. The first kappa shape index (κ1) is 14.8. The molecule has 2 aromatic rings. The van der Waals surface area contributed by atoms with Gasteiger partial charge in [0.1, 0.15) is 0 Å². The predicted octanol–water partition coefficient (Wildman–Crippen LogP) is 3.87. The molecule has 1 N–H and O–H groups in total. The van der Waals surface area contributed by atoms with E-state index in [9.17, 15) is 18.0 Å². The van der Waals surface area contributed by atoms with E-state index in [1.54, 1.807) is 12.1 Å². The molecule has 0 radical (unpaired) electrons. The van der Waals surface area contributed by atoms with E-state index in [1.807, 2.05) is 0 Å². The number of hydrogen-bond donors (Lipinski definition) is 1. The van der Waals surface area contributed by atoms with Crippen molar-refractivity contribution in [3.05, 3.63) is 59.9 Å². The number of rotatable bonds is 3. The van der Waals surface area contributed by atoms with Gasteiger partial charge in [0.2, 0.25) is 0 Å². The summed E-state index contributed by atoms with van der Waals surface area (Å²) in [6.45, 7) is 0. The molecule has 0 saturated carbocycles. The van der Waals surface area contributed by atoms with Gasteiger partial charge in [-0.3, -0.25) is 4.98 Å². The van der Waals surface area contributed by atoms with Crippen molar-refractivity contribution in [1.82, 2.24) is 4.98 Å². The van der Waals surface area contributed by atoms with Gasteiger partial charge in [-0.25, -0.2) is 4.79 Å². The van der Waals surface area contributed by atoms with Gasteiger partial charge in [0.25, 0.3) is 0 Å². The number of carboxylic acids is 1. The van der Waals surface area contributed by atoms with E-state index in [0.717, 1.165) is 24.3 Å². The van der Waals surface area contributed by atoms with E-state index in [0.29, 0.717) is 11.1 Å². The van der Waals surface area contributed by atoms with Gasteiger partial charge in [-0.1, -0.05) is 6.07 Å². The van der Waals surface area contributed by atoms with Gasteiger partial charge in [-0.2, -0.15) is 13.2 Å². The fourth-order valence-electron chi connectivity index (χ4n) is 1.83. The average Bonchev–Trinajstić information content (AvgIpc) is 2.44. The minimum absolute atomic E-state index is 0.179. The van der Waals surface area contributed by atoms with Gasteiger partial charge in [-0.15, -0.1) is 0 Å². The Morgan fingerprint density at radius 1 is 1.14 bits per heavy atom. The molecule has 3 nitrogen and oxygen atoms in total. The topological polar surface area (TPSA) is 50.2 Å². The first-order valence-electron chi connectivity index (χ1n) is 5.90. The van der Waals surface area contributed by atoms with E-state index in [2.05, 4.69) is 4.98 Å². The van der Waals surface area contributed by atoms with Crippen LogP contribution in [-0.2, 0) is 11.0 Å². The normalized spacial score (nSPS) is 11.8. The zero-order chi connectivity index (χ0) is 15.5. The Kier molecular flexibility index (Phi) is 4.07. The van der Waals surface area contributed by atoms with E-state index in [1.165, 1.54) is 18.5 Å². The summed E-state index contributed by atoms with van der Waals surface area (Å²) in [5.41, 5.74) is 0.510. The summed E-state index contributed by atoms with van der Waals surface area (Å²) in [5.74, 6) is -1.23. The molecule has 1 heterocycles. The lowest BCUT2D eigenvalue weighted by Crippen LogP contribution is -2.05. The van der Waals surface area contributed by atoms with E-state index in [4.69, 9.17) is 5.11 Å². The molecule has 0 atom stereocenters. The van der Waals surface area contributed by atoms with Crippen LogP contribution in [0.1, 0.15) is 11.1 Å². The lowest BCUT2D eigenvalue weighted by molar-refractivity contribution is -0.137. The van der Waals surface area contributed by atoms with Crippen molar-refractivity contribution in [2.75, 3.05) is 0 Å². The fourth-order valence-corrected chi connectivity index (χ4v) is 1.83. The molecule has 0 amide bonds. The van der Waals surface area contributed by atoms with Crippen molar-refractivity contribution in [2.45, 2.75) is 6.18 Å². The van der Waals surface area contributed by atoms with Gasteiger partial charge in [0.15, 0.2) is 0 Å². The Bertz CT molecular complexity index is 679. The number of benzene rings is 1. The predicted molar refractivity (Wildman–Crippen MR) is 71.3 cm³/mol. The number of aliphatic carboxylic acids is 1. The Balaban J connectivity index is 2.57. The molecule has 0 fully saturated rings. The van der Waals surface area contributed by atoms with Gasteiger partial charge < -0.3 is 5.11 Å². The second-order valence-electron chi connectivity index (χ2n) is 4.21. The Hall–Kier alpha value is -2.63. The van der Waals surface area contributed by atoms with Crippen molar-refractivity contribution in [1.29, 1.82) is 0 Å². The number of nitrogens with zero attached hydrogens (tertiary/aromatic N) is 1. The van der Waals surface area contributed by atoms with Crippen LogP contribution in [0, 0.1) is 0 Å². The van der Waals surface area contributed by atoms with Crippen LogP contribution in [0.5, 0.6) is 0 Å². The molecule has 1 aromatic carbocycles. The molecule has 108 valence electrons. The third-order valence-corrected chi connectivity index (χ3v) is 2.78. The molecular formula is C15H10F3NO2. The van der Waals surface area contributed by atoms with E-state index >= 15 is 0 Å². The molecule has 0 bridgehead atoms. The van der Waals surface area contributed by atoms with Crippen LogP contribution in [-0.4, -0.2) is 16.1 Å². The maximum Gasteiger partial charge on any atom is 0.416 e. The molecule has 0 aliphatic heterocycles. The lowest BCUT2D eigenvalue weighted by atomic mass is 9.97. The first-order valence-corrected chi connectivity index (χ1v) is 5.90. The molecule has 21 heavy (non-hydrogen) atoms. The summed E-state index contributed by atoms with van der Waals surface area (Å²) in [7, 11) is 0. The highest BCUT2D eigenvalue weighted by molar-refractivity contribution is 5.88. The summed E-state index contributed by atoms with van der Waals surface area (Å²) in [5, 5.41) is 8.65. The van der Waals surface area contributed by atoms with Crippen LogP contribution in [0.25, 0.3) is 17.2 Å². The van der Waals surface area contributed by atoms with Crippen molar-refractivity contribution < 1.29 is 23.1 Å². The van der Waals surface area contributed by atoms with Crippen molar-refractivity contribution in [3.63, 3.8) is 0 Å². The second kappa shape index (κ2) is 5.78. The summed E-state index contributed by atoms with van der Waals surface area (Å²) >= 11 is 0. The first-order chi connectivity index (χ1) is 9.88. The minimum atomic E-state index is -4.48. The van der Waals surface area contributed by atoms with Crippen LogP contribution in [0.4, 0.5) is 13.2 Å². The number of alkyl halides is 3. The molecular weight excluding hydrogens is 283 g/mol. The van der Waals surface area contributed by atoms with Crippen molar-refractivity contribution in [2.24, 2.45) is 0 Å². The third kappa shape index (κ3) is 3.68. The summed E-state index contributed by atoms with van der Waals surface area (Å²) < 4.78 is 38.3. The van der Waals surface area contributed by atoms with Gasteiger partial charge in [0, 0.05) is 18.5 Å². The van der Waals surface area contributed by atoms with Gasteiger partial charge in [0.05, 0.1) is 5.56 Å². The maximum atomic E-state index is 12.8. The van der Waals surface area contributed by atoms with Gasteiger partial charge >= 0.3 is 12.1 Å². The Morgan fingerprint density at radius 3 is 2.38 bits per heavy atom. The summed E-state index contributed by atoms with van der Waals surface area (Å²) in [4.78, 5) is 14.4. The quantitative estimate of drug-likeness (QED) is 0.874. The molecule has 0 spiro atoms. The van der Waals surface area contributed by atoms with Crippen molar-refractivity contribution >= 4 is 12.0 Å². The Morgan fingerprint density at radius 2 is 1.81 bits per heavy atom. The van der Waals surface area contributed by atoms with Crippen LogP contribution in [0.3, 0.4) is 0 Å². The minimum Gasteiger partial charge on any atom is -0.478 e. The van der Waals surface area contributed by atoms with Crippen LogP contribution in [0.2, 0.25) is 0 Å². The highest BCUT2D eigenvalue weighted by Gasteiger charge is 2.30. The summed E-state index contributed by atoms with van der Waals surface area (Å²) in [6, 6.07) is 6.49.